The van der Waals surface area contributed by atoms with Gasteiger partial charge in [0, 0.05) is 34.2 Å². The fourth-order valence-electron chi connectivity index (χ4n) is 7.13. The van der Waals surface area contributed by atoms with Crippen molar-refractivity contribution in [3.05, 3.63) is 33.4 Å². The summed E-state index contributed by atoms with van der Waals surface area (Å²) < 4.78 is 34.7. The predicted molar refractivity (Wildman–Crippen MR) is 144 cm³/mol. The summed E-state index contributed by atoms with van der Waals surface area (Å²) >= 11 is 0. The lowest BCUT2D eigenvalue weighted by Gasteiger charge is -2.56. The van der Waals surface area contributed by atoms with Gasteiger partial charge in [0.05, 0.1) is 73.0 Å². The Morgan fingerprint density at radius 2 is 1.23 bits per heavy atom. The normalized spacial score (nSPS) is 23.2. The number of ketones is 1. The van der Waals surface area contributed by atoms with E-state index in [0.717, 1.165) is 11.1 Å². The zero-order valence-corrected chi connectivity index (χ0v) is 24.3. The molecule has 40 heavy (non-hydrogen) atoms. The van der Waals surface area contributed by atoms with Crippen LogP contribution in [0.3, 0.4) is 0 Å². The average molecular weight is 557 g/mol. The molecule has 3 unspecified atom stereocenters. The van der Waals surface area contributed by atoms with Gasteiger partial charge in [0.15, 0.2) is 28.8 Å². The number of carbonyl (C=O) groups excluding carboxylic acids is 2. The number of benzene rings is 2. The van der Waals surface area contributed by atoms with Crippen LogP contribution in [0.1, 0.15) is 50.3 Å². The van der Waals surface area contributed by atoms with Crippen molar-refractivity contribution in [3.63, 3.8) is 0 Å². The Bertz CT molecular complexity index is 1410. The summed E-state index contributed by atoms with van der Waals surface area (Å²) in [5, 5.41) is 10.8. The fraction of sp³-hybridized carbons (Fsp3) is 0.517. The van der Waals surface area contributed by atoms with Gasteiger partial charge >= 0.3 is 0 Å². The lowest BCUT2D eigenvalue weighted by Crippen LogP contribution is -2.68. The highest BCUT2D eigenvalue weighted by Crippen LogP contribution is 2.58. The number of fused-ring (bicyclic) bond motifs is 7. The second-order valence-electron chi connectivity index (χ2n) is 10.2. The number of aliphatic hydroxyl groups is 1. The smallest absolute Gasteiger partial charge is 0.241 e. The van der Waals surface area contributed by atoms with Gasteiger partial charge in [-0.15, -0.1) is 0 Å². The average Bonchev–Trinajstić information content (AvgIpc) is 2.95. The van der Waals surface area contributed by atoms with Crippen molar-refractivity contribution in [1.29, 1.82) is 0 Å². The van der Waals surface area contributed by atoms with Crippen molar-refractivity contribution >= 4 is 11.7 Å². The monoisotopic (exact) mass is 556 g/mol. The minimum absolute atomic E-state index is 0.259. The molecule has 2 aromatic carbocycles. The van der Waals surface area contributed by atoms with Crippen LogP contribution in [0.5, 0.6) is 34.5 Å². The number of likely N-dealkylation sites (N-methyl/N-ethyl adjacent to an activating group) is 1. The molecule has 216 valence electrons. The maximum atomic E-state index is 14.7. The molecule has 1 amide bonds. The van der Waals surface area contributed by atoms with Gasteiger partial charge in [-0.2, -0.15) is 0 Å². The van der Waals surface area contributed by atoms with Crippen LogP contribution >= 0.6 is 0 Å². The van der Waals surface area contributed by atoms with Gasteiger partial charge in [0.25, 0.3) is 0 Å². The van der Waals surface area contributed by atoms with Gasteiger partial charge in [0.1, 0.15) is 17.5 Å². The number of nitrogens with zero attached hydrogens (tertiary/aromatic N) is 2. The molecule has 0 spiro atoms. The third-order valence-corrected chi connectivity index (χ3v) is 8.70. The van der Waals surface area contributed by atoms with Crippen LogP contribution in [0, 0.1) is 13.8 Å². The summed E-state index contributed by atoms with van der Waals surface area (Å²) in [6.07, 6.45) is 0.325. The largest absolute Gasteiger partial charge is 0.496 e. The van der Waals surface area contributed by atoms with Crippen LogP contribution in [0.2, 0.25) is 0 Å². The molecule has 0 aliphatic carbocycles. The molecule has 11 heteroatoms. The molecule has 3 aliphatic heterocycles. The third kappa shape index (κ3) is 3.37. The number of aliphatic hydroxyl groups excluding tert-OH is 1. The zero-order valence-electron chi connectivity index (χ0n) is 24.3. The standard InChI is InChI=1S/C29H36N2O9/c1-12-23(35-4)14-10-15-29(34)31-16(11-32)18-19(24(36-5)13(2)26(38-7)28(18)40-9)22(33)21(31)20(30(15)3)17(14)27(39-8)25(12)37-6/h15-16,20-21,32H,10-11H2,1-9H3/t15?,16-,20?,21?/m0/s1. The van der Waals surface area contributed by atoms with Gasteiger partial charge in [0.2, 0.25) is 5.91 Å². The highest BCUT2D eigenvalue weighted by atomic mass is 16.5. The summed E-state index contributed by atoms with van der Waals surface area (Å²) in [6, 6.07) is -3.12. The van der Waals surface area contributed by atoms with Crippen molar-refractivity contribution in [2.75, 3.05) is 56.3 Å². The Morgan fingerprint density at radius 1 is 0.725 bits per heavy atom. The van der Waals surface area contributed by atoms with Crippen LogP contribution in [0.4, 0.5) is 0 Å². The molecule has 0 radical (unpaired) electrons. The molecule has 3 aliphatic rings. The van der Waals surface area contributed by atoms with E-state index in [-0.39, 0.29) is 23.0 Å². The number of rotatable bonds is 7. The number of ether oxygens (including phenoxy) is 6. The van der Waals surface area contributed by atoms with Gasteiger partial charge in [-0.1, -0.05) is 0 Å². The van der Waals surface area contributed by atoms with Gasteiger partial charge in [-0.25, -0.2) is 0 Å². The molecular formula is C29H36N2O9. The Hall–Kier alpha value is -3.70. The number of carbonyl (C=O) groups is 2. The Balaban J connectivity index is 1.88. The molecule has 0 aromatic heterocycles. The van der Waals surface area contributed by atoms with Crippen LogP contribution in [-0.4, -0.2) is 95.0 Å². The number of hydrogen-bond acceptors (Lipinski definition) is 10. The Morgan fingerprint density at radius 3 is 1.73 bits per heavy atom. The van der Waals surface area contributed by atoms with E-state index in [1.54, 1.807) is 28.3 Å². The van der Waals surface area contributed by atoms with Crippen molar-refractivity contribution < 1.29 is 43.1 Å². The fourth-order valence-corrected chi connectivity index (χ4v) is 7.13. The Labute approximate surface area is 233 Å². The lowest BCUT2D eigenvalue weighted by molar-refractivity contribution is -0.155. The van der Waals surface area contributed by atoms with E-state index < -0.39 is 30.8 Å². The number of piperazine rings is 1. The van der Waals surface area contributed by atoms with Crippen molar-refractivity contribution in [1.82, 2.24) is 9.80 Å². The highest BCUT2D eigenvalue weighted by Gasteiger charge is 2.59. The molecule has 2 aromatic rings. The minimum Gasteiger partial charge on any atom is -0.496 e. The molecule has 1 saturated heterocycles. The second-order valence-corrected chi connectivity index (χ2v) is 10.2. The first-order valence-corrected chi connectivity index (χ1v) is 13.0. The van der Waals surface area contributed by atoms with Gasteiger partial charge < -0.3 is 38.4 Å². The van der Waals surface area contributed by atoms with Gasteiger partial charge in [-0.05, 0) is 20.9 Å². The van der Waals surface area contributed by atoms with E-state index >= 15 is 0 Å². The van der Waals surface area contributed by atoms with Crippen molar-refractivity contribution in [2.45, 2.75) is 44.4 Å². The summed E-state index contributed by atoms with van der Waals surface area (Å²) in [5.74, 6) is 1.94. The zero-order chi connectivity index (χ0) is 29.2. The quantitative estimate of drug-likeness (QED) is 0.545. The summed E-state index contributed by atoms with van der Waals surface area (Å²) in [6.45, 7) is 3.21. The molecule has 11 nitrogen and oxygen atoms in total. The molecule has 5 rings (SSSR count). The van der Waals surface area contributed by atoms with Gasteiger partial charge in [-0.3, -0.25) is 14.5 Å². The molecule has 1 N–H and O–H groups in total. The molecule has 4 atom stereocenters. The first-order chi connectivity index (χ1) is 19.2. The van der Waals surface area contributed by atoms with E-state index in [4.69, 9.17) is 28.4 Å². The predicted octanol–water partition coefficient (Wildman–Crippen LogP) is 2.39. The van der Waals surface area contributed by atoms with Crippen LogP contribution < -0.4 is 28.4 Å². The van der Waals surface area contributed by atoms with E-state index in [2.05, 4.69) is 0 Å². The molecule has 0 saturated carbocycles. The number of methoxy groups -OCH3 is 6. The maximum absolute atomic E-state index is 14.7. The summed E-state index contributed by atoms with van der Waals surface area (Å²) in [5.41, 5.74) is 3.46. The lowest BCUT2D eigenvalue weighted by atomic mass is 9.72. The number of amides is 1. The number of hydrogen-bond donors (Lipinski definition) is 1. The maximum Gasteiger partial charge on any atom is 0.241 e. The van der Waals surface area contributed by atoms with Crippen LogP contribution in [0.25, 0.3) is 0 Å². The first kappa shape index (κ1) is 27.9. The topological polar surface area (TPSA) is 116 Å². The van der Waals surface area contributed by atoms with E-state index in [1.807, 2.05) is 18.9 Å². The molecule has 1 fully saturated rings. The highest BCUT2D eigenvalue weighted by molar-refractivity contribution is 6.10. The molecular weight excluding hydrogens is 520 g/mol. The number of Topliss-reactive ketones (excluding diaryl/α,β-unsaturated/α-hetero) is 1. The summed E-state index contributed by atoms with van der Waals surface area (Å²) in [4.78, 5) is 32.4. The first-order valence-electron chi connectivity index (χ1n) is 13.0. The minimum atomic E-state index is -1.00. The van der Waals surface area contributed by atoms with E-state index in [0.29, 0.717) is 51.9 Å². The van der Waals surface area contributed by atoms with E-state index in [1.165, 1.54) is 26.2 Å². The summed E-state index contributed by atoms with van der Waals surface area (Å²) in [7, 11) is 11.0. The Kier molecular flexibility index (Phi) is 6.99. The molecule has 3 heterocycles. The van der Waals surface area contributed by atoms with Crippen LogP contribution in [0.15, 0.2) is 0 Å². The third-order valence-electron chi connectivity index (χ3n) is 8.70. The SMILES string of the molecule is COc1c(C)c(OC)c(OC)c2c1CC1C(=O)N3C(C(=O)c4c(OC)c(C)c(OC)c(OC)c4[C@@H]3CO)C2N1C. The van der Waals surface area contributed by atoms with E-state index in [9.17, 15) is 14.7 Å². The van der Waals surface area contributed by atoms with Crippen molar-refractivity contribution in [3.8, 4) is 34.5 Å². The van der Waals surface area contributed by atoms with Crippen molar-refractivity contribution in [2.24, 2.45) is 0 Å². The second kappa shape index (κ2) is 10.0. The van der Waals surface area contributed by atoms with Crippen LogP contribution in [-0.2, 0) is 11.2 Å². The molecule has 2 bridgehead atoms.